The minimum absolute atomic E-state index is 0.00835. The first kappa shape index (κ1) is 33.3. The summed E-state index contributed by atoms with van der Waals surface area (Å²) in [6.45, 7) is 10.8. The number of Topliss-reactive ketones (excluding diaryl/α,β-unsaturated/α-hetero) is 1. The molecule has 1 unspecified atom stereocenters. The lowest BCUT2D eigenvalue weighted by Crippen LogP contribution is -2.17. The lowest BCUT2D eigenvalue weighted by atomic mass is 9.76. The zero-order valence-electron chi connectivity index (χ0n) is 27.5. The Bertz CT molecular complexity index is 1620. The third-order valence-electron chi connectivity index (χ3n) is 9.26. The fraction of sp³-hybridized carbons (Fsp3) is 0.425. The van der Waals surface area contributed by atoms with Gasteiger partial charge in [-0.1, -0.05) is 87.4 Å². The summed E-state index contributed by atoms with van der Waals surface area (Å²) in [5, 5.41) is 3.63. The van der Waals surface area contributed by atoms with Crippen LogP contribution in [-0.2, 0) is 0 Å². The molecule has 5 heteroatoms. The number of halogens is 1. The third-order valence-corrected chi connectivity index (χ3v) is 10.4. The van der Waals surface area contributed by atoms with Crippen molar-refractivity contribution in [1.82, 2.24) is 4.98 Å². The van der Waals surface area contributed by atoms with E-state index in [1.165, 1.54) is 55.2 Å². The van der Waals surface area contributed by atoms with Gasteiger partial charge in [0.2, 0.25) is 0 Å². The van der Waals surface area contributed by atoms with E-state index in [-0.39, 0.29) is 5.78 Å². The normalized spacial score (nSPS) is 19.4. The number of hydrogen-bond acceptors (Lipinski definition) is 4. The molecule has 0 radical (unpaired) electrons. The maximum Gasteiger partial charge on any atom is 0.161 e. The van der Waals surface area contributed by atoms with Gasteiger partial charge in [-0.25, -0.2) is 9.98 Å². The molecular weight excluding hydrogens is 592 g/mol. The van der Waals surface area contributed by atoms with Gasteiger partial charge in [-0.3, -0.25) is 4.79 Å². The Kier molecular flexibility index (Phi) is 11.4. The van der Waals surface area contributed by atoms with Gasteiger partial charge in [-0.2, -0.15) is 0 Å². The van der Waals surface area contributed by atoms with E-state index in [9.17, 15) is 4.79 Å². The molecule has 0 aliphatic heterocycles. The first-order valence-electron chi connectivity index (χ1n) is 16.7. The Labute approximate surface area is 279 Å². The van der Waals surface area contributed by atoms with Gasteiger partial charge in [0.15, 0.2) is 5.78 Å². The molecule has 1 heterocycles. The average molecular weight is 639 g/mol. The van der Waals surface area contributed by atoms with Crippen LogP contribution in [0.1, 0.15) is 103 Å². The highest BCUT2D eigenvalue weighted by Gasteiger charge is 2.23. The predicted molar refractivity (Wildman–Crippen MR) is 194 cm³/mol. The lowest BCUT2D eigenvalue weighted by molar-refractivity contribution is 0.101. The summed E-state index contributed by atoms with van der Waals surface area (Å²) >= 11 is 7.66. The monoisotopic (exact) mass is 638 g/mol. The van der Waals surface area contributed by atoms with E-state index in [4.69, 9.17) is 21.6 Å². The van der Waals surface area contributed by atoms with Crippen LogP contribution in [0, 0.1) is 17.8 Å². The summed E-state index contributed by atoms with van der Waals surface area (Å²) in [6.07, 6.45) is 18.0. The second-order valence-corrected chi connectivity index (χ2v) is 14.8. The largest absolute Gasteiger partial charge is 0.294 e. The number of carbonyl (C=O) groups excluding carboxylic acids is 1. The van der Waals surface area contributed by atoms with E-state index in [0.717, 1.165) is 70.2 Å². The van der Waals surface area contributed by atoms with Crippen LogP contribution in [0.15, 0.2) is 87.8 Å². The van der Waals surface area contributed by atoms with Crippen LogP contribution >= 0.6 is 22.9 Å². The quantitative estimate of drug-likeness (QED) is 0.155. The Hall–Kier alpha value is -3.08. The molecule has 0 saturated heterocycles. The molecule has 0 N–H and O–H groups in total. The fourth-order valence-corrected chi connectivity index (χ4v) is 7.76. The van der Waals surface area contributed by atoms with E-state index >= 15 is 0 Å². The summed E-state index contributed by atoms with van der Waals surface area (Å²) in [7, 11) is 0. The predicted octanol–water partition coefficient (Wildman–Crippen LogP) is 12.7. The highest BCUT2D eigenvalue weighted by atomic mass is 35.5. The smallest absolute Gasteiger partial charge is 0.161 e. The molecule has 2 aliphatic rings. The van der Waals surface area contributed by atoms with E-state index in [0.29, 0.717) is 10.6 Å². The topological polar surface area (TPSA) is 42.3 Å². The summed E-state index contributed by atoms with van der Waals surface area (Å²) in [4.78, 5) is 23.1. The average Bonchev–Trinajstić information content (AvgIpc) is 3.51. The lowest BCUT2D eigenvalue weighted by Gasteiger charge is -2.30. The molecule has 0 spiro atoms. The number of ketones is 1. The minimum Gasteiger partial charge on any atom is -0.294 e. The van der Waals surface area contributed by atoms with Gasteiger partial charge in [0.25, 0.3) is 0 Å². The van der Waals surface area contributed by atoms with Gasteiger partial charge in [0.1, 0.15) is 5.01 Å². The van der Waals surface area contributed by atoms with E-state index in [2.05, 4.69) is 51.3 Å². The van der Waals surface area contributed by atoms with Crippen LogP contribution in [0.4, 0.5) is 5.69 Å². The number of aliphatic imine (C=N–C) groups is 1. The SMILES string of the molecule is CC(=O)c1cc(-c2nc(-c3ccc(Cl)cc3)cs2)ccc1N=C(/C=C(/C)CC1CCC[C@H](CCC(C)C)C1)C1=C(C)C=CCC1. The van der Waals surface area contributed by atoms with Crippen molar-refractivity contribution in [2.45, 2.75) is 92.4 Å². The van der Waals surface area contributed by atoms with Crippen molar-refractivity contribution >= 4 is 40.1 Å². The van der Waals surface area contributed by atoms with Crippen LogP contribution in [0.2, 0.25) is 5.02 Å². The molecule has 1 saturated carbocycles. The van der Waals surface area contributed by atoms with Crippen LogP contribution in [0.3, 0.4) is 0 Å². The van der Waals surface area contributed by atoms with E-state index < -0.39 is 0 Å². The number of rotatable bonds is 11. The number of nitrogens with zero attached hydrogens (tertiary/aromatic N) is 2. The zero-order valence-corrected chi connectivity index (χ0v) is 29.1. The maximum atomic E-state index is 13.0. The highest BCUT2D eigenvalue weighted by Crippen LogP contribution is 2.37. The molecule has 236 valence electrons. The first-order chi connectivity index (χ1) is 21.7. The van der Waals surface area contributed by atoms with Crippen molar-refractivity contribution in [2.75, 3.05) is 0 Å². The molecule has 0 amide bonds. The molecule has 45 heavy (non-hydrogen) atoms. The summed E-state index contributed by atoms with van der Waals surface area (Å²) in [5.74, 6) is 2.42. The molecule has 2 aliphatic carbocycles. The second-order valence-electron chi connectivity index (χ2n) is 13.5. The van der Waals surface area contributed by atoms with Gasteiger partial charge in [0.05, 0.1) is 17.1 Å². The molecule has 0 bridgehead atoms. The molecule has 1 aromatic heterocycles. The molecule has 1 fully saturated rings. The van der Waals surface area contributed by atoms with Gasteiger partial charge in [-0.05, 0) is 112 Å². The minimum atomic E-state index is 0.00835. The van der Waals surface area contributed by atoms with E-state index in [1.807, 2.05) is 42.5 Å². The van der Waals surface area contributed by atoms with Gasteiger partial charge >= 0.3 is 0 Å². The van der Waals surface area contributed by atoms with Crippen molar-refractivity contribution in [3.8, 4) is 21.8 Å². The molecule has 5 rings (SSSR count). The number of hydrogen-bond donors (Lipinski definition) is 0. The number of benzene rings is 2. The van der Waals surface area contributed by atoms with Gasteiger partial charge < -0.3 is 0 Å². The summed E-state index contributed by atoms with van der Waals surface area (Å²) in [6, 6.07) is 13.7. The Morgan fingerprint density at radius 3 is 2.58 bits per heavy atom. The Morgan fingerprint density at radius 2 is 1.84 bits per heavy atom. The second kappa shape index (κ2) is 15.5. The highest BCUT2D eigenvalue weighted by molar-refractivity contribution is 7.13. The molecule has 2 aromatic carbocycles. The number of allylic oxidation sites excluding steroid dienone is 6. The Morgan fingerprint density at radius 1 is 1.09 bits per heavy atom. The van der Waals surface area contributed by atoms with Crippen molar-refractivity contribution in [3.05, 3.63) is 93.4 Å². The zero-order chi connectivity index (χ0) is 31.9. The van der Waals surface area contributed by atoms with Gasteiger partial charge in [-0.15, -0.1) is 11.3 Å². The molecular formula is C40H47ClN2OS. The number of thiazole rings is 1. The standard InChI is InChI=1S/C40H47ClN2OS/c1-26(2)13-14-30-10-8-11-31(23-30)21-27(3)22-38(35-12-7-6-9-28(35)4)42-37-20-17-33(24-36(37)29(5)44)40-43-39(25-45-40)32-15-18-34(41)19-16-32/h6,9,15-20,22,24-26,30-31H,7-8,10-14,21,23H2,1-5H3/b27-22-,42-38?/t30-,31?/m1/s1. The van der Waals surface area contributed by atoms with Crippen molar-refractivity contribution in [2.24, 2.45) is 22.7 Å². The summed E-state index contributed by atoms with van der Waals surface area (Å²) < 4.78 is 0. The maximum absolute atomic E-state index is 13.0. The third kappa shape index (κ3) is 9.01. The van der Waals surface area contributed by atoms with Crippen molar-refractivity contribution < 1.29 is 4.79 Å². The summed E-state index contributed by atoms with van der Waals surface area (Å²) in [5.41, 5.74) is 9.12. The van der Waals surface area contributed by atoms with Crippen molar-refractivity contribution in [3.63, 3.8) is 0 Å². The van der Waals surface area contributed by atoms with Crippen molar-refractivity contribution in [1.29, 1.82) is 0 Å². The fourth-order valence-electron chi connectivity index (χ4n) is 6.81. The van der Waals surface area contributed by atoms with Crippen LogP contribution < -0.4 is 0 Å². The molecule has 2 atom stereocenters. The van der Waals surface area contributed by atoms with Crippen LogP contribution in [0.25, 0.3) is 21.8 Å². The van der Waals surface area contributed by atoms with Gasteiger partial charge in [0, 0.05) is 27.1 Å². The van der Waals surface area contributed by atoms with Crippen LogP contribution in [-0.4, -0.2) is 16.5 Å². The number of aromatic nitrogens is 1. The Balaban J connectivity index is 1.43. The first-order valence-corrected chi connectivity index (χ1v) is 17.9. The number of carbonyl (C=O) groups is 1. The molecule has 3 nitrogen and oxygen atoms in total. The van der Waals surface area contributed by atoms with Crippen LogP contribution in [0.5, 0.6) is 0 Å². The van der Waals surface area contributed by atoms with E-state index in [1.54, 1.807) is 18.3 Å². The molecule has 3 aromatic rings.